The van der Waals surface area contributed by atoms with Crippen LogP contribution in [0.2, 0.25) is 0 Å². The van der Waals surface area contributed by atoms with Crippen molar-refractivity contribution in [1.29, 1.82) is 0 Å². The van der Waals surface area contributed by atoms with Crippen molar-refractivity contribution in [2.24, 2.45) is 0 Å². The van der Waals surface area contributed by atoms with Crippen molar-refractivity contribution < 1.29 is 13.6 Å². The van der Waals surface area contributed by atoms with Crippen LogP contribution in [0, 0.1) is 25.5 Å². The lowest BCUT2D eigenvalue weighted by atomic mass is 10.0. The van der Waals surface area contributed by atoms with Gasteiger partial charge in [0.2, 0.25) is 0 Å². The first-order chi connectivity index (χ1) is 8.47. The van der Waals surface area contributed by atoms with Crippen LogP contribution in [-0.4, -0.2) is 5.78 Å². The lowest BCUT2D eigenvalue weighted by Gasteiger charge is -2.02. The lowest BCUT2D eigenvalue weighted by Crippen LogP contribution is -2.05. The van der Waals surface area contributed by atoms with Gasteiger partial charge < -0.3 is 0 Å². The molecule has 0 spiro atoms. The third kappa shape index (κ3) is 2.64. The van der Waals surface area contributed by atoms with Gasteiger partial charge >= 0.3 is 0 Å². The van der Waals surface area contributed by atoms with Crippen LogP contribution >= 0.6 is 11.3 Å². The molecule has 1 heterocycles. The number of hydrogen-bond acceptors (Lipinski definition) is 2. The second kappa shape index (κ2) is 4.98. The third-order valence-electron chi connectivity index (χ3n) is 2.71. The number of hydrogen-bond donors (Lipinski definition) is 0. The fourth-order valence-corrected chi connectivity index (χ4v) is 2.78. The molecule has 0 saturated carbocycles. The minimum Gasteiger partial charge on any atom is -0.294 e. The first kappa shape index (κ1) is 12.9. The molecule has 0 radical (unpaired) electrons. The van der Waals surface area contributed by atoms with Gasteiger partial charge in [0, 0.05) is 27.8 Å². The molecule has 2 aromatic rings. The average molecular weight is 266 g/mol. The van der Waals surface area contributed by atoms with Gasteiger partial charge in [-0.25, -0.2) is 8.78 Å². The predicted molar refractivity (Wildman–Crippen MR) is 68.2 cm³/mol. The molecule has 0 aliphatic rings. The van der Waals surface area contributed by atoms with Gasteiger partial charge in [0.15, 0.2) is 5.78 Å². The van der Waals surface area contributed by atoms with Crippen LogP contribution in [0.3, 0.4) is 0 Å². The van der Waals surface area contributed by atoms with Crippen molar-refractivity contribution in [1.82, 2.24) is 0 Å². The van der Waals surface area contributed by atoms with Crippen molar-refractivity contribution in [3.63, 3.8) is 0 Å². The summed E-state index contributed by atoms with van der Waals surface area (Å²) in [7, 11) is 0. The maximum atomic E-state index is 13.4. The van der Waals surface area contributed by atoms with Crippen molar-refractivity contribution >= 4 is 17.1 Å². The standard InChI is InChI=1S/C14H12F2OS/c1-8-5-12(9(2)18-8)14(17)6-10-3-4-11(15)7-13(10)16/h3-5,7H,6H2,1-2H3. The zero-order valence-electron chi connectivity index (χ0n) is 10.1. The Kier molecular flexibility index (Phi) is 3.57. The zero-order valence-corrected chi connectivity index (χ0v) is 10.9. The Morgan fingerprint density at radius 2 is 1.94 bits per heavy atom. The lowest BCUT2D eigenvalue weighted by molar-refractivity contribution is 0.0991. The molecule has 0 aliphatic heterocycles. The smallest absolute Gasteiger partial charge is 0.168 e. The van der Waals surface area contributed by atoms with E-state index < -0.39 is 11.6 Å². The van der Waals surface area contributed by atoms with E-state index in [2.05, 4.69) is 0 Å². The molecule has 18 heavy (non-hydrogen) atoms. The normalized spacial score (nSPS) is 10.7. The molecule has 1 aromatic heterocycles. The van der Waals surface area contributed by atoms with Gasteiger partial charge in [-0.15, -0.1) is 11.3 Å². The zero-order chi connectivity index (χ0) is 13.3. The molecule has 0 bridgehead atoms. The first-order valence-electron chi connectivity index (χ1n) is 5.51. The highest BCUT2D eigenvalue weighted by atomic mass is 32.1. The molecule has 1 aromatic carbocycles. The Balaban J connectivity index is 2.24. The highest BCUT2D eigenvalue weighted by Crippen LogP contribution is 2.22. The molecule has 0 N–H and O–H groups in total. The van der Waals surface area contributed by atoms with Crippen LogP contribution in [0.4, 0.5) is 8.78 Å². The summed E-state index contributed by atoms with van der Waals surface area (Å²) in [5.41, 5.74) is 0.853. The molecule has 0 atom stereocenters. The fraction of sp³-hybridized carbons (Fsp3) is 0.214. The van der Waals surface area contributed by atoms with Crippen LogP contribution < -0.4 is 0 Å². The number of ketones is 1. The maximum Gasteiger partial charge on any atom is 0.168 e. The van der Waals surface area contributed by atoms with Crippen molar-refractivity contribution in [3.8, 4) is 0 Å². The fourth-order valence-electron chi connectivity index (χ4n) is 1.84. The second-order valence-corrected chi connectivity index (χ2v) is 5.62. The quantitative estimate of drug-likeness (QED) is 0.765. The number of carbonyl (C=O) groups is 1. The van der Waals surface area contributed by atoms with E-state index in [0.717, 1.165) is 21.9 Å². The topological polar surface area (TPSA) is 17.1 Å². The van der Waals surface area contributed by atoms with E-state index in [1.54, 1.807) is 11.3 Å². The van der Waals surface area contributed by atoms with E-state index in [4.69, 9.17) is 0 Å². The summed E-state index contributed by atoms with van der Waals surface area (Å²) in [5.74, 6) is -1.44. The summed E-state index contributed by atoms with van der Waals surface area (Å²) < 4.78 is 26.2. The van der Waals surface area contributed by atoms with Crippen LogP contribution in [0.15, 0.2) is 24.3 Å². The highest BCUT2D eigenvalue weighted by Gasteiger charge is 2.14. The van der Waals surface area contributed by atoms with Gasteiger partial charge in [-0.1, -0.05) is 6.07 Å². The minimum atomic E-state index is -0.673. The molecule has 0 fully saturated rings. The number of aryl methyl sites for hydroxylation is 2. The molecular weight excluding hydrogens is 254 g/mol. The Hall–Kier alpha value is -1.55. The third-order valence-corrected chi connectivity index (χ3v) is 3.67. The van der Waals surface area contributed by atoms with Gasteiger partial charge in [-0.05, 0) is 31.5 Å². The van der Waals surface area contributed by atoms with E-state index >= 15 is 0 Å². The highest BCUT2D eigenvalue weighted by molar-refractivity contribution is 7.12. The van der Waals surface area contributed by atoms with E-state index in [1.807, 2.05) is 19.9 Å². The number of rotatable bonds is 3. The van der Waals surface area contributed by atoms with Crippen molar-refractivity contribution in [2.75, 3.05) is 0 Å². The monoisotopic (exact) mass is 266 g/mol. The summed E-state index contributed by atoms with van der Waals surface area (Å²) in [5, 5.41) is 0. The van der Waals surface area contributed by atoms with E-state index in [0.29, 0.717) is 5.56 Å². The molecule has 0 saturated heterocycles. The Labute approximate surface area is 108 Å². The first-order valence-corrected chi connectivity index (χ1v) is 6.33. The maximum absolute atomic E-state index is 13.4. The largest absolute Gasteiger partial charge is 0.294 e. The predicted octanol–water partition coefficient (Wildman–Crippen LogP) is 4.07. The summed E-state index contributed by atoms with van der Waals surface area (Å²) in [6.07, 6.45) is -0.0386. The Bertz CT molecular complexity index is 602. The van der Waals surface area contributed by atoms with Crippen molar-refractivity contribution in [2.45, 2.75) is 20.3 Å². The van der Waals surface area contributed by atoms with E-state index in [-0.39, 0.29) is 17.8 Å². The Morgan fingerprint density at radius 3 is 2.50 bits per heavy atom. The van der Waals surface area contributed by atoms with E-state index in [9.17, 15) is 13.6 Å². The number of benzene rings is 1. The van der Waals surface area contributed by atoms with Crippen LogP contribution in [-0.2, 0) is 6.42 Å². The number of halogens is 2. The summed E-state index contributed by atoms with van der Waals surface area (Å²) in [4.78, 5) is 14.0. The number of thiophene rings is 1. The number of carbonyl (C=O) groups excluding carboxylic acids is 1. The van der Waals surface area contributed by atoms with Crippen LogP contribution in [0.25, 0.3) is 0 Å². The molecule has 4 heteroatoms. The SMILES string of the molecule is Cc1cc(C(=O)Cc2ccc(F)cc2F)c(C)s1. The number of Topliss-reactive ketones (excluding diaryl/α,β-unsaturated/α-hetero) is 1. The average Bonchev–Trinajstić information content (AvgIpc) is 2.62. The van der Waals surface area contributed by atoms with Crippen LogP contribution in [0.5, 0.6) is 0 Å². The summed E-state index contributed by atoms with van der Waals surface area (Å²) >= 11 is 1.54. The molecule has 0 aliphatic carbocycles. The van der Waals surface area contributed by atoms with Crippen molar-refractivity contribution in [3.05, 3.63) is 56.8 Å². The molecule has 1 nitrogen and oxygen atoms in total. The van der Waals surface area contributed by atoms with Gasteiger partial charge in [0.25, 0.3) is 0 Å². The second-order valence-electron chi connectivity index (χ2n) is 4.16. The van der Waals surface area contributed by atoms with Gasteiger partial charge in [0.05, 0.1) is 0 Å². The minimum absolute atomic E-state index is 0.0386. The van der Waals surface area contributed by atoms with Gasteiger partial charge in [-0.2, -0.15) is 0 Å². The molecular formula is C14H12F2OS. The van der Waals surface area contributed by atoms with Gasteiger partial charge in [-0.3, -0.25) is 4.79 Å². The Morgan fingerprint density at radius 1 is 1.22 bits per heavy atom. The summed E-state index contributed by atoms with van der Waals surface area (Å²) in [6, 6.07) is 5.09. The molecule has 2 rings (SSSR count). The van der Waals surface area contributed by atoms with E-state index in [1.165, 1.54) is 6.07 Å². The summed E-state index contributed by atoms with van der Waals surface area (Å²) in [6.45, 7) is 3.79. The van der Waals surface area contributed by atoms with Crippen LogP contribution in [0.1, 0.15) is 25.7 Å². The van der Waals surface area contributed by atoms with Gasteiger partial charge in [0.1, 0.15) is 11.6 Å². The molecule has 0 unspecified atom stereocenters. The molecule has 0 amide bonds. The molecule has 94 valence electrons.